The molecule has 0 nitrogen and oxygen atoms in total. The van der Waals surface area contributed by atoms with Crippen LogP contribution in [-0.2, 0) is 0 Å². The Morgan fingerprint density at radius 1 is 1.25 bits per heavy atom. The molecule has 0 aliphatic carbocycles. The lowest BCUT2D eigenvalue weighted by atomic mass is 10.4. The highest BCUT2D eigenvalue weighted by molar-refractivity contribution is 5.18. The maximum absolute atomic E-state index is 2.80. The number of rotatable bonds is 1. The Morgan fingerprint density at radius 2 is 2.00 bits per heavy atom. The largest absolute Gasteiger partial charge is 0.102 e. The van der Waals surface area contributed by atoms with Gasteiger partial charge in [0.15, 0.2) is 0 Å². The van der Waals surface area contributed by atoms with E-state index in [0.29, 0.717) is 0 Å². The van der Waals surface area contributed by atoms with Gasteiger partial charge >= 0.3 is 0 Å². The summed E-state index contributed by atoms with van der Waals surface area (Å²) in [4.78, 5) is 0. The molecule has 0 atom stereocenters. The standard InChI is InChI=1S/C8H10/c1-3-5-7-8-6-4-2/h3,5,7-8H,1-2H3/b5-3+,8-7+. The summed E-state index contributed by atoms with van der Waals surface area (Å²) in [5, 5.41) is 0. The van der Waals surface area contributed by atoms with Gasteiger partial charge in [0.25, 0.3) is 0 Å². The van der Waals surface area contributed by atoms with Crippen molar-refractivity contribution in [2.75, 3.05) is 0 Å². The van der Waals surface area contributed by atoms with Crippen LogP contribution < -0.4 is 0 Å². The van der Waals surface area contributed by atoms with Crippen molar-refractivity contribution in [3.8, 4) is 11.8 Å². The van der Waals surface area contributed by atoms with Gasteiger partial charge in [-0.25, -0.2) is 0 Å². The van der Waals surface area contributed by atoms with Crippen molar-refractivity contribution >= 4 is 0 Å². The Kier molecular flexibility index (Phi) is 5.32. The molecule has 0 spiro atoms. The van der Waals surface area contributed by atoms with Crippen LogP contribution in [0.1, 0.15) is 13.8 Å². The van der Waals surface area contributed by atoms with Crippen LogP contribution >= 0.6 is 0 Å². The lowest BCUT2D eigenvalue weighted by Gasteiger charge is -1.64. The van der Waals surface area contributed by atoms with Crippen LogP contribution in [0.15, 0.2) is 24.3 Å². The van der Waals surface area contributed by atoms with Gasteiger partial charge in [-0.1, -0.05) is 24.1 Å². The zero-order valence-corrected chi connectivity index (χ0v) is 5.31. The highest BCUT2D eigenvalue weighted by Crippen LogP contribution is 1.72. The van der Waals surface area contributed by atoms with Crippen molar-refractivity contribution in [2.45, 2.75) is 13.8 Å². The Hall–Kier alpha value is -0.960. The van der Waals surface area contributed by atoms with Crippen LogP contribution in [0.25, 0.3) is 0 Å². The monoisotopic (exact) mass is 106 g/mol. The molecule has 0 N–H and O–H groups in total. The van der Waals surface area contributed by atoms with Crippen molar-refractivity contribution in [1.29, 1.82) is 0 Å². The van der Waals surface area contributed by atoms with E-state index in [-0.39, 0.29) is 0 Å². The molecule has 0 saturated carbocycles. The van der Waals surface area contributed by atoms with E-state index in [2.05, 4.69) is 11.8 Å². The zero-order valence-electron chi connectivity index (χ0n) is 5.31. The van der Waals surface area contributed by atoms with Gasteiger partial charge in [-0.05, 0) is 19.9 Å². The molecule has 0 unspecified atom stereocenters. The van der Waals surface area contributed by atoms with Crippen molar-refractivity contribution in [2.24, 2.45) is 0 Å². The Labute approximate surface area is 50.9 Å². The first-order valence-corrected chi connectivity index (χ1v) is 2.62. The SMILES string of the molecule is CC#C/C=C/C=C/C. The fourth-order valence-electron chi connectivity index (χ4n) is 0.298. The molecule has 0 aromatic rings. The second-order valence-corrected chi connectivity index (χ2v) is 1.28. The third-order valence-electron chi connectivity index (χ3n) is 0.627. The fraction of sp³-hybridized carbons (Fsp3) is 0.250. The molecule has 0 heterocycles. The number of hydrogen-bond donors (Lipinski definition) is 0. The molecule has 0 saturated heterocycles. The third kappa shape index (κ3) is 5.04. The first-order chi connectivity index (χ1) is 3.91. The predicted octanol–water partition coefficient (Wildman–Crippen LogP) is 2.14. The minimum absolute atomic E-state index is 1.82. The summed E-state index contributed by atoms with van der Waals surface area (Å²) in [5.41, 5.74) is 0. The Morgan fingerprint density at radius 3 is 2.50 bits per heavy atom. The van der Waals surface area contributed by atoms with E-state index in [4.69, 9.17) is 0 Å². The van der Waals surface area contributed by atoms with Crippen molar-refractivity contribution < 1.29 is 0 Å². The summed E-state index contributed by atoms with van der Waals surface area (Å²) in [6, 6.07) is 0. The van der Waals surface area contributed by atoms with E-state index in [1.54, 1.807) is 0 Å². The van der Waals surface area contributed by atoms with Gasteiger partial charge in [0.05, 0.1) is 0 Å². The lowest BCUT2D eigenvalue weighted by Crippen LogP contribution is -1.46. The maximum Gasteiger partial charge on any atom is -0.00235 e. The van der Waals surface area contributed by atoms with Crippen LogP contribution in [-0.4, -0.2) is 0 Å². The van der Waals surface area contributed by atoms with Gasteiger partial charge in [-0.2, -0.15) is 0 Å². The highest BCUT2D eigenvalue weighted by Gasteiger charge is 1.53. The van der Waals surface area contributed by atoms with Crippen LogP contribution in [0.3, 0.4) is 0 Å². The molecule has 0 aliphatic rings. The van der Waals surface area contributed by atoms with E-state index in [0.717, 1.165) is 0 Å². The van der Waals surface area contributed by atoms with Gasteiger partial charge in [0, 0.05) is 0 Å². The third-order valence-corrected chi connectivity index (χ3v) is 0.627. The molecule has 0 fully saturated rings. The quantitative estimate of drug-likeness (QED) is 0.355. The maximum atomic E-state index is 2.80. The van der Waals surface area contributed by atoms with E-state index in [1.807, 2.05) is 38.2 Å². The minimum Gasteiger partial charge on any atom is -0.102 e. The molecule has 0 amide bonds. The average Bonchev–Trinajstić information content (AvgIpc) is 1.81. The smallest absolute Gasteiger partial charge is 0.00235 e. The predicted molar refractivity (Wildman–Crippen MR) is 37.4 cm³/mol. The molecule has 0 aliphatic heterocycles. The summed E-state index contributed by atoms with van der Waals surface area (Å²) in [6.07, 6.45) is 7.65. The molecule has 0 heteroatoms. The van der Waals surface area contributed by atoms with Gasteiger partial charge in [0.1, 0.15) is 0 Å². The van der Waals surface area contributed by atoms with Gasteiger partial charge < -0.3 is 0 Å². The number of hydrogen-bond acceptors (Lipinski definition) is 0. The van der Waals surface area contributed by atoms with E-state index in [9.17, 15) is 0 Å². The molecule has 0 rings (SSSR count). The van der Waals surface area contributed by atoms with Gasteiger partial charge in [0.2, 0.25) is 0 Å². The summed E-state index contributed by atoms with van der Waals surface area (Å²) in [7, 11) is 0. The second kappa shape index (κ2) is 6.04. The molecule has 0 bridgehead atoms. The second-order valence-electron chi connectivity index (χ2n) is 1.28. The Balaban J connectivity index is 3.45. The molecule has 8 heavy (non-hydrogen) atoms. The lowest BCUT2D eigenvalue weighted by molar-refractivity contribution is 1.73. The molecule has 0 aromatic heterocycles. The van der Waals surface area contributed by atoms with Crippen molar-refractivity contribution in [1.82, 2.24) is 0 Å². The van der Waals surface area contributed by atoms with Crippen molar-refractivity contribution in [3.05, 3.63) is 24.3 Å². The van der Waals surface area contributed by atoms with Crippen LogP contribution in [0.2, 0.25) is 0 Å². The zero-order chi connectivity index (χ0) is 6.24. The van der Waals surface area contributed by atoms with E-state index >= 15 is 0 Å². The molecule has 0 aromatic carbocycles. The first kappa shape index (κ1) is 7.04. The fourth-order valence-corrected chi connectivity index (χ4v) is 0.298. The van der Waals surface area contributed by atoms with Gasteiger partial charge in [-0.3, -0.25) is 0 Å². The molecular weight excluding hydrogens is 96.1 g/mol. The van der Waals surface area contributed by atoms with Crippen molar-refractivity contribution in [3.63, 3.8) is 0 Å². The molecular formula is C8H10. The normalized spacial score (nSPS) is 9.75. The van der Waals surface area contributed by atoms with E-state index in [1.165, 1.54) is 0 Å². The first-order valence-electron chi connectivity index (χ1n) is 2.62. The molecule has 42 valence electrons. The van der Waals surface area contributed by atoms with Crippen LogP contribution in [0, 0.1) is 11.8 Å². The highest BCUT2D eigenvalue weighted by atomic mass is 13.6. The van der Waals surface area contributed by atoms with Gasteiger partial charge in [-0.15, -0.1) is 5.92 Å². The van der Waals surface area contributed by atoms with Crippen LogP contribution in [0.4, 0.5) is 0 Å². The minimum atomic E-state index is 1.82. The average molecular weight is 106 g/mol. The molecule has 0 radical (unpaired) electrons. The summed E-state index contributed by atoms with van der Waals surface area (Å²) in [5.74, 6) is 5.56. The van der Waals surface area contributed by atoms with Crippen LogP contribution in [0.5, 0.6) is 0 Å². The van der Waals surface area contributed by atoms with E-state index < -0.39 is 0 Å². The Bertz CT molecular complexity index is 139. The number of allylic oxidation sites excluding steroid dienone is 4. The topological polar surface area (TPSA) is 0 Å². The summed E-state index contributed by atoms with van der Waals surface area (Å²) in [6.45, 7) is 3.80. The summed E-state index contributed by atoms with van der Waals surface area (Å²) >= 11 is 0. The summed E-state index contributed by atoms with van der Waals surface area (Å²) < 4.78 is 0.